The van der Waals surface area contributed by atoms with Gasteiger partial charge in [-0.3, -0.25) is 0 Å². The molecule has 3 aliphatic heterocycles. The van der Waals surface area contributed by atoms with E-state index in [0.717, 1.165) is 0 Å². The molecule has 3 saturated heterocycles. The lowest BCUT2D eigenvalue weighted by Crippen LogP contribution is -2.66. The average Bonchev–Trinajstić information content (AvgIpc) is 2.88. The van der Waals surface area contributed by atoms with Gasteiger partial charge in [-0.15, -0.1) is 0 Å². The number of hydrogen-bond donors (Lipinski definition) is 12. The van der Waals surface area contributed by atoms with Crippen molar-refractivity contribution in [1.82, 2.24) is 0 Å². The van der Waals surface area contributed by atoms with Gasteiger partial charge in [0.1, 0.15) is 73.2 Å². The normalized spacial score (nSPS) is 48.7. The van der Waals surface area contributed by atoms with Crippen LogP contribution in [0.4, 0.5) is 0 Å². The van der Waals surface area contributed by atoms with Crippen LogP contribution in [0.3, 0.4) is 0 Å². The first kappa shape index (κ1) is 32.5. The van der Waals surface area contributed by atoms with Gasteiger partial charge in [-0.2, -0.15) is 0 Å². The van der Waals surface area contributed by atoms with Crippen LogP contribution < -0.4 is 0 Å². The summed E-state index contributed by atoms with van der Waals surface area (Å²) in [5.74, 6) is 0. The Morgan fingerprint density at radius 2 is 0.865 bits per heavy atom. The van der Waals surface area contributed by atoms with Crippen LogP contribution in [0.5, 0.6) is 0 Å². The Morgan fingerprint density at radius 1 is 0.486 bits per heavy atom. The topological polar surface area (TPSA) is 289 Å². The molecule has 3 rings (SSSR count). The van der Waals surface area contributed by atoms with E-state index in [4.69, 9.17) is 28.8 Å². The second-order valence-electron chi connectivity index (χ2n) is 8.56. The van der Waals surface area contributed by atoms with Gasteiger partial charge >= 0.3 is 0 Å². The van der Waals surface area contributed by atoms with Crippen LogP contribution >= 0.6 is 0 Å². The lowest BCUT2D eigenvalue weighted by molar-refractivity contribution is -0.377. The summed E-state index contributed by atoms with van der Waals surface area (Å²) in [5.41, 5.74) is 0. The fourth-order valence-electron chi connectivity index (χ4n) is 4.06. The minimum absolute atomic E-state index is 0. The molecule has 3 aliphatic rings. The summed E-state index contributed by atoms with van der Waals surface area (Å²) in [7, 11) is 0. The van der Waals surface area contributed by atoms with Crippen molar-refractivity contribution in [2.24, 2.45) is 0 Å². The molecule has 0 aromatic carbocycles. The molecule has 12 N–H and O–H groups in total. The molecule has 0 spiro atoms. The van der Waals surface area contributed by atoms with Gasteiger partial charge < -0.3 is 85.0 Å². The van der Waals surface area contributed by atoms with Gasteiger partial charge in [0.25, 0.3) is 0 Å². The van der Waals surface area contributed by atoms with Crippen LogP contribution in [-0.2, 0) is 23.7 Å². The molecule has 0 aromatic heterocycles. The molecule has 15 atom stereocenters. The van der Waals surface area contributed by atoms with Crippen molar-refractivity contribution in [3.8, 4) is 0 Å². The highest BCUT2D eigenvalue weighted by Gasteiger charge is 2.53. The van der Waals surface area contributed by atoms with Crippen molar-refractivity contribution in [2.75, 3.05) is 26.4 Å². The number of rotatable bonds is 7. The molecule has 219 valence electrons. The summed E-state index contributed by atoms with van der Waals surface area (Å²) in [6, 6.07) is 0. The number of aliphatic hydroxyl groups excluding tert-OH is 12. The zero-order valence-corrected chi connectivity index (χ0v) is 19.6. The first-order valence-corrected chi connectivity index (χ1v) is 11.4. The van der Waals surface area contributed by atoms with Gasteiger partial charge in [-0.1, -0.05) is 0 Å². The van der Waals surface area contributed by atoms with Crippen molar-refractivity contribution < 1.29 is 85.0 Å². The fraction of sp³-hybridized carbons (Fsp3) is 0.950. The maximum absolute atomic E-state index is 10.6. The quantitative estimate of drug-likeness (QED) is 0.140. The summed E-state index contributed by atoms with van der Waals surface area (Å²) >= 11 is 0. The van der Waals surface area contributed by atoms with E-state index in [-0.39, 0.29) is 6.61 Å². The monoisotopic (exact) mass is 549 g/mol. The lowest BCUT2D eigenvalue weighted by Gasteiger charge is -2.47. The summed E-state index contributed by atoms with van der Waals surface area (Å²) in [4.78, 5) is 0. The standard InChI is InChI=1S/C18H32O16.C2H5O/c19-1-4-7(22)8(23)12(27)17(31-4)34-15-6(3-21)32-18(13(28)10(15)25)33-14-5(2-20)30-16(29)11(26)9(14)24;1-2-3/h4-29H,1-3H2;3H,1-2H2/t4-,5-,6-,7-,8+,9-,10-,11-,12-,13-,14?,15?,16+,17+,18+;/m1./s1. The molecule has 1 radical (unpaired) electrons. The van der Waals surface area contributed by atoms with E-state index in [1.165, 1.54) is 0 Å². The van der Waals surface area contributed by atoms with E-state index in [1.807, 2.05) is 0 Å². The highest BCUT2D eigenvalue weighted by Crippen LogP contribution is 2.32. The van der Waals surface area contributed by atoms with Crippen LogP contribution in [0.2, 0.25) is 0 Å². The molecule has 17 nitrogen and oxygen atoms in total. The maximum Gasteiger partial charge on any atom is 0.187 e. The summed E-state index contributed by atoms with van der Waals surface area (Å²) < 4.78 is 26.4. The summed E-state index contributed by atoms with van der Waals surface area (Å²) in [5, 5.41) is 117. The minimum atomic E-state index is -1.91. The molecule has 37 heavy (non-hydrogen) atoms. The Kier molecular flexibility index (Phi) is 12.9. The molecule has 0 bridgehead atoms. The molecular weight excluding hydrogens is 512 g/mol. The molecular formula is C20H37O17. The Hall–Kier alpha value is -0.680. The molecule has 0 aromatic rings. The van der Waals surface area contributed by atoms with Crippen molar-refractivity contribution in [1.29, 1.82) is 0 Å². The zero-order chi connectivity index (χ0) is 28.0. The van der Waals surface area contributed by atoms with Crippen LogP contribution in [0.15, 0.2) is 0 Å². The van der Waals surface area contributed by atoms with Crippen molar-refractivity contribution in [2.45, 2.75) is 92.1 Å². The third-order valence-corrected chi connectivity index (χ3v) is 6.09. The fourth-order valence-corrected chi connectivity index (χ4v) is 4.06. The van der Waals surface area contributed by atoms with Gasteiger partial charge in [-0.05, 0) is 6.92 Å². The Balaban J connectivity index is 0.00000153. The van der Waals surface area contributed by atoms with Gasteiger partial charge in [0.2, 0.25) is 0 Å². The second kappa shape index (κ2) is 14.6. The van der Waals surface area contributed by atoms with Gasteiger partial charge in [-0.25, -0.2) is 0 Å². The van der Waals surface area contributed by atoms with Crippen molar-refractivity contribution >= 4 is 0 Å². The van der Waals surface area contributed by atoms with E-state index in [1.54, 1.807) is 0 Å². The first-order valence-electron chi connectivity index (χ1n) is 11.4. The van der Waals surface area contributed by atoms with E-state index >= 15 is 0 Å². The third kappa shape index (κ3) is 7.29. The van der Waals surface area contributed by atoms with Gasteiger partial charge in [0, 0.05) is 6.61 Å². The Bertz CT molecular complexity index is 652. The lowest BCUT2D eigenvalue weighted by atomic mass is 9.96. The molecule has 0 aliphatic carbocycles. The van der Waals surface area contributed by atoms with Crippen LogP contribution in [0.25, 0.3) is 0 Å². The minimum Gasteiger partial charge on any atom is -0.396 e. The molecule has 17 heteroatoms. The summed E-state index contributed by atoms with van der Waals surface area (Å²) in [6.45, 7) is 0.720. The predicted molar refractivity (Wildman–Crippen MR) is 114 cm³/mol. The number of ether oxygens (including phenoxy) is 5. The van der Waals surface area contributed by atoms with Crippen molar-refractivity contribution in [3.05, 3.63) is 6.92 Å². The molecule has 0 saturated carbocycles. The smallest absolute Gasteiger partial charge is 0.187 e. The summed E-state index contributed by atoms with van der Waals surface area (Å²) in [6.07, 6.45) is -25.1. The van der Waals surface area contributed by atoms with E-state index in [2.05, 4.69) is 6.92 Å². The van der Waals surface area contributed by atoms with Crippen molar-refractivity contribution in [3.63, 3.8) is 0 Å². The predicted octanol–water partition coefficient (Wildman–Crippen LogP) is -7.76. The highest BCUT2D eigenvalue weighted by molar-refractivity contribution is 4.96. The second-order valence-corrected chi connectivity index (χ2v) is 8.56. The van der Waals surface area contributed by atoms with E-state index in [9.17, 15) is 56.2 Å². The van der Waals surface area contributed by atoms with E-state index in [0.29, 0.717) is 0 Å². The van der Waals surface area contributed by atoms with Crippen LogP contribution in [0, 0.1) is 6.92 Å². The Morgan fingerprint density at radius 3 is 1.32 bits per heavy atom. The average molecular weight is 549 g/mol. The van der Waals surface area contributed by atoms with Gasteiger partial charge in [0.05, 0.1) is 19.8 Å². The third-order valence-electron chi connectivity index (χ3n) is 6.09. The largest absolute Gasteiger partial charge is 0.396 e. The zero-order valence-electron chi connectivity index (χ0n) is 19.6. The number of aliphatic hydroxyl groups is 12. The maximum atomic E-state index is 10.6. The van der Waals surface area contributed by atoms with Gasteiger partial charge in [0.15, 0.2) is 18.9 Å². The highest BCUT2D eigenvalue weighted by atomic mass is 16.8. The van der Waals surface area contributed by atoms with Crippen LogP contribution in [-0.4, -0.2) is 180 Å². The molecule has 2 unspecified atom stereocenters. The first-order chi connectivity index (χ1) is 17.5. The van der Waals surface area contributed by atoms with Crippen LogP contribution in [0.1, 0.15) is 0 Å². The molecule has 0 amide bonds. The SMILES string of the molecule is OC[C@H]1O[C@@H](OC2[C@@H](CO)O[C@H](O)[C@H](O)[C@H]2O)[C@H](O)[C@@H](O)C1O[C@@H]1O[C@H](CO)[C@@H](O)[C@H](O)[C@H]1O.[CH2]CO. The number of hydrogen-bond acceptors (Lipinski definition) is 17. The molecule has 3 fully saturated rings. The van der Waals surface area contributed by atoms with E-state index < -0.39 is 112 Å². The Labute approximate surface area is 211 Å². The molecule has 3 heterocycles.